The molecule has 0 bridgehead atoms. The van der Waals surface area contributed by atoms with Crippen LogP contribution in [0.1, 0.15) is 51.3 Å². The van der Waals surface area contributed by atoms with E-state index in [1.807, 2.05) is 11.0 Å². The summed E-state index contributed by atoms with van der Waals surface area (Å²) in [5, 5.41) is 15.8. The zero-order chi connectivity index (χ0) is 19.2. The second-order valence-electron chi connectivity index (χ2n) is 8.29. The molecule has 2 heterocycles. The fraction of sp³-hybridized carbons (Fsp3) is 0.600. The number of phenols is 1. The van der Waals surface area contributed by atoms with Gasteiger partial charge in [-0.25, -0.2) is 0 Å². The Morgan fingerprint density at radius 3 is 2.73 bits per heavy atom. The third-order valence-corrected chi connectivity index (χ3v) is 6.21. The van der Waals surface area contributed by atoms with E-state index in [-0.39, 0.29) is 41.1 Å². The van der Waals surface area contributed by atoms with Crippen molar-refractivity contribution in [1.82, 2.24) is 15.5 Å². The van der Waals surface area contributed by atoms with Crippen LogP contribution < -0.4 is 10.6 Å². The van der Waals surface area contributed by atoms with E-state index in [2.05, 4.69) is 31.4 Å². The molecule has 0 saturated carbocycles. The van der Waals surface area contributed by atoms with Crippen LogP contribution in [-0.2, 0) is 16.0 Å². The molecule has 2 aliphatic rings. The van der Waals surface area contributed by atoms with Crippen LogP contribution in [0.3, 0.4) is 0 Å². The molecule has 0 aromatic heterocycles. The van der Waals surface area contributed by atoms with Crippen molar-refractivity contribution in [2.75, 3.05) is 7.05 Å². The number of carbonyl (C=O) groups is 2. The predicted molar refractivity (Wildman–Crippen MR) is 99.7 cm³/mol. The fourth-order valence-electron chi connectivity index (χ4n) is 4.12. The Hall–Kier alpha value is -2.08. The molecule has 3 rings (SSSR count). The maximum absolute atomic E-state index is 13.4. The zero-order valence-corrected chi connectivity index (χ0v) is 16.2. The van der Waals surface area contributed by atoms with Gasteiger partial charge in [-0.15, -0.1) is 0 Å². The summed E-state index contributed by atoms with van der Waals surface area (Å²) in [6.07, 6.45) is 1.28. The molecule has 0 radical (unpaired) electrons. The Balaban J connectivity index is 2.02. The lowest BCUT2D eigenvalue weighted by molar-refractivity contribution is -0.139. The maximum atomic E-state index is 13.4. The molecule has 0 spiro atoms. The van der Waals surface area contributed by atoms with Crippen LogP contribution in [0.2, 0.25) is 0 Å². The largest absolute Gasteiger partial charge is 0.508 e. The molecular formula is C20H29N3O3. The molecule has 1 fully saturated rings. The van der Waals surface area contributed by atoms with Gasteiger partial charge in [0, 0.05) is 12.5 Å². The molecule has 2 amide bonds. The fourth-order valence-corrected chi connectivity index (χ4v) is 4.12. The minimum Gasteiger partial charge on any atom is -0.508 e. The topological polar surface area (TPSA) is 81.7 Å². The number of hydrogen-bond acceptors (Lipinski definition) is 4. The Bertz CT molecular complexity index is 731. The van der Waals surface area contributed by atoms with Crippen LogP contribution in [0.5, 0.6) is 5.75 Å². The lowest BCUT2D eigenvalue weighted by Crippen LogP contribution is -2.54. The van der Waals surface area contributed by atoms with E-state index in [1.165, 1.54) is 0 Å². The van der Waals surface area contributed by atoms with E-state index in [4.69, 9.17) is 0 Å². The standard InChI is InChI=1S/C20H29N3O3/c1-11(21-5)18(25)22-16-8-13-6-7-14(24)9-15(13)17-10-20(3,4)12(2)23(17)19(16)26/h6-7,9,11-12,16-17,21,24H,8,10H2,1-5H3,(H,22,25)/t11-,12?,16-,17+/m0/s1. The first-order valence-electron chi connectivity index (χ1n) is 9.27. The molecule has 1 unspecified atom stereocenters. The third-order valence-electron chi connectivity index (χ3n) is 6.21. The number of benzene rings is 1. The van der Waals surface area contributed by atoms with Gasteiger partial charge in [-0.1, -0.05) is 19.9 Å². The van der Waals surface area contributed by atoms with Crippen molar-refractivity contribution in [3.05, 3.63) is 29.3 Å². The van der Waals surface area contributed by atoms with Crippen molar-refractivity contribution < 1.29 is 14.7 Å². The molecule has 26 heavy (non-hydrogen) atoms. The first-order chi connectivity index (χ1) is 12.2. The predicted octanol–water partition coefficient (Wildman–Crippen LogP) is 1.73. The summed E-state index contributed by atoms with van der Waals surface area (Å²) < 4.78 is 0. The lowest BCUT2D eigenvalue weighted by atomic mass is 9.82. The first-order valence-corrected chi connectivity index (χ1v) is 9.27. The van der Waals surface area contributed by atoms with Gasteiger partial charge in [0.05, 0.1) is 12.1 Å². The van der Waals surface area contributed by atoms with E-state index in [1.54, 1.807) is 26.1 Å². The van der Waals surface area contributed by atoms with E-state index in [0.717, 1.165) is 17.5 Å². The average Bonchev–Trinajstić information content (AvgIpc) is 2.77. The monoisotopic (exact) mass is 359 g/mol. The summed E-state index contributed by atoms with van der Waals surface area (Å²) in [4.78, 5) is 27.7. The molecule has 3 N–H and O–H groups in total. The Kier molecular flexibility index (Phi) is 4.73. The van der Waals surface area contributed by atoms with Crippen molar-refractivity contribution in [2.45, 2.75) is 64.7 Å². The number of hydrogen-bond donors (Lipinski definition) is 3. The number of carbonyl (C=O) groups excluding carboxylic acids is 2. The van der Waals surface area contributed by atoms with Gasteiger partial charge in [-0.2, -0.15) is 0 Å². The Labute approximate surface area is 155 Å². The number of nitrogens with one attached hydrogen (secondary N) is 2. The maximum Gasteiger partial charge on any atom is 0.246 e. The summed E-state index contributed by atoms with van der Waals surface area (Å²) in [7, 11) is 1.72. The molecule has 1 saturated heterocycles. The number of aromatic hydroxyl groups is 1. The van der Waals surface area contributed by atoms with Gasteiger partial charge in [0.25, 0.3) is 0 Å². The van der Waals surface area contributed by atoms with Gasteiger partial charge in [-0.05, 0) is 56.0 Å². The van der Waals surface area contributed by atoms with Gasteiger partial charge in [-0.3, -0.25) is 9.59 Å². The van der Waals surface area contributed by atoms with E-state index >= 15 is 0 Å². The smallest absolute Gasteiger partial charge is 0.246 e. The Morgan fingerprint density at radius 1 is 1.38 bits per heavy atom. The molecule has 142 valence electrons. The van der Waals surface area contributed by atoms with Crippen LogP contribution in [0.15, 0.2) is 18.2 Å². The van der Waals surface area contributed by atoms with Crippen LogP contribution in [0.4, 0.5) is 0 Å². The highest BCUT2D eigenvalue weighted by molar-refractivity contribution is 5.91. The summed E-state index contributed by atoms with van der Waals surface area (Å²) in [5.74, 6) is -0.0176. The first kappa shape index (κ1) is 18.7. The lowest BCUT2D eigenvalue weighted by Gasteiger charge is -2.33. The molecule has 4 atom stereocenters. The number of rotatable bonds is 3. The average molecular weight is 359 g/mol. The van der Waals surface area contributed by atoms with Crippen molar-refractivity contribution >= 4 is 11.8 Å². The highest BCUT2D eigenvalue weighted by Gasteiger charge is 2.50. The molecular weight excluding hydrogens is 330 g/mol. The van der Waals surface area contributed by atoms with Crippen LogP contribution in [0.25, 0.3) is 0 Å². The molecule has 2 aliphatic heterocycles. The van der Waals surface area contributed by atoms with Crippen LogP contribution in [0, 0.1) is 5.41 Å². The van der Waals surface area contributed by atoms with Crippen molar-refractivity contribution in [2.24, 2.45) is 5.41 Å². The quantitative estimate of drug-likeness (QED) is 0.768. The normalized spacial score (nSPS) is 28.1. The van der Waals surface area contributed by atoms with Gasteiger partial charge >= 0.3 is 0 Å². The van der Waals surface area contributed by atoms with Crippen LogP contribution >= 0.6 is 0 Å². The number of nitrogens with zero attached hydrogens (tertiary/aromatic N) is 1. The second kappa shape index (κ2) is 6.58. The molecule has 1 aromatic carbocycles. The summed E-state index contributed by atoms with van der Waals surface area (Å²) >= 11 is 0. The van der Waals surface area contributed by atoms with E-state index in [0.29, 0.717) is 6.42 Å². The number of fused-ring (bicyclic) bond motifs is 3. The third kappa shape index (κ3) is 3.07. The van der Waals surface area contributed by atoms with Crippen molar-refractivity contribution in [1.29, 1.82) is 0 Å². The SMILES string of the molecule is CN[C@@H](C)C(=O)N[C@H]1Cc2ccc(O)cc2[C@H]2CC(C)(C)C(C)N2C1=O. The molecule has 0 aliphatic carbocycles. The van der Waals surface area contributed by atoms with Crippen molar-refractivity contribution in [3.8, 4) is 5.75 Å². The minimum atomic E-state index is -0.594. The zero-order valence-electron chi connectivity index (χ0n) is 16.2. The van der Waals surface area contributed by atoms with Crippen molar-refractivity contribution in [3.63, 3.8) is 0 Å². The van der Waals surface area contributed by atoms with Crippen LogP contribution in [-0.4, -0.2) is 47.0 Å². The second-order valence-corrected chi connectivity index (χ2v) is 8.29. The summed E-state index contributed by atoms with van der Waals surface area (Å²) in [5.41, 5.74) is 1.97. The van der Waals surface area contributed by atoms with Gasteiger partial charge in [0.15, 0.2) is 0 Å². The van der Waals surface area contributed by atoms with Gasteiger partial charge in [0.2, 0.25) is 11.8 Å². The molecule has 6 heteroatoms. The van der Waals surface area contributed by atoms with E-state index < -0.39 is 6.04 Å². The molecule has 6 nitrogen and oxygen atoms in total. The van der Waals surface area contributed by atoms with Gasteiger partial charge < -0.3 is 20.6 Å². The number of likely N-dealkylation sites (N-methyl/N-ethyl adjacent to an activating group) is 1. The summed E-state index contributed by atoms with van der Waals surface area (Å²) in [6.45, 7) is 8.17. The summed E-state index contributed by atoms with van der Waals surface area (Å²) in [6, 6.07) is 4.31. The van der Waals surface area contributed by atoms with Gasteiger partial charge in [0.1, 0.15) is 11.8 Å². The highest BCUT2D eigenvalue weighted by Crippen LogP contribution is 2.50. The number of phenolic OH excluding ortho intramolecular Hbond substituents is 1. The number of amides is 2. The highest BCUT2D eigenvalue weighted by atomic mass is 16.3. The Morgan fingerprint density at radius 2 is 2.08 bits per heavy atom. The van der Waals surface area contributed by atoms with E-state index in [9.17, 15) is 14.7 Å². The minimum absolute atomic E-state index is 0.0345. The molecule has 1 aromatic rings.